The summed E-state index contributed by atoms with van der Waals surface area (Å²) in [5, 5.41) is 0. The van der Waals surface area contributed by atoms with Gasteiger partial charge in [0.15, 0.2) is 0 Å². The van der Waals surface area contributed by atoms with Crippen LogP contribution in [-0.2, 0) is 4.79 Å². The molecule has 4 aliphatic rings. The van der Waals surface area contributed by atoms with Gasteiger partial charge in [-0.3, -0.25) is 4.79 Å². The maximum Gasteiger partial charge on any atom is 0.225 e. The SMILES string of the molecule is CCC1C(=O)N(C)CC1CC1CN2CCC1CC2. The van der Waals surface area contributed by atoms with Crippen LogP contribution in [0.1, 0.15) is 32.6 Å². The average molecular weight is 250 g/mol. The van der Waals surface area contributed by atoms with Crippen molar-refractivity contribution in [2.45, 2.75) is 32.6 Å². The highest BCUT2D eigenvalue weighted by molar-refractivity contribution is 5.81. The first-order valence-corrected chi connectivity index (χ1v) is 7.66. The van der Waals surface area contributed by atoms with Gasteiger partial charge < -0.3 is 9.80 Å². The monoisotopic (exact) mass is 250 g/mol. The Morgan fingerprint density at radius 1 is 1.17 bits per heavy atom. The first-order valence-electron chi connectivity index (χ1n) is 7.66. The van der Waals surface area contributed by atoms with Gasteiger partial charge in [-0.1, -0.05) is 6.92 Å². The fourth-order valence-electron chi connectivity index (χ4n) is 4.54. The van der Waals surface area contributed by atoms with Crippen LogP contribution in [0.2, 0.25) is 0 Å². The summed E-state index contributed by atoms with van der Waals surface area (Å²) in [6, 6.07) is 0. The summed E-state index contributed by atoms with van der Waals surface area (Å²) in [5.41, 5.74) is 0. The minimum Gasteiger partial charge on any atom is -0.345 e. The number of piperidine rings is 3. The van der Waals surface area contributed by atoms with Crippen molar-refractivity contribution in [3.05, 3.63) is 0 Å². The molecule has 0 radical (unpaired) electrons. The van der Waals surface area contributed by atoms with Crippen LogP contribution < -0.4 is 0 Å². The molecule has 4 aliphatic heterocycles. The Bertz CT molecular complexity index is 322. The van der Waals surface area contributed by atoms with E-state index in [2.05, 4.69) is 11.8 Å². The van der Waals surface area contributed by atoms with Crippen molar-refractivity contribution >= 4 is 5.91 Å². The van der Waals surface area contributed by atoms with Crippen LogP contribution in [0.5, 0.6) is 0 Å². The highest BCUT2D eigenvalue weighted by Crippen LogP contribution is 2.39. The number of fused-ring (bicyclic) bond motifs is 3. The van der Waals surface area contributed by atoms with Crippen LogP contribution in [-0.4, -0.2) is 48.9 Å². The predicted octanol–water partition coefficient (Wildman–Crippen LogP) is 1.83. The van der Waals surface area contributed by atoms with E-state index in [1.165, 1.54) is 38.9 Å². The molecule has 4 heterocycles. The summed E-state index contributed by atoms with van der Waals surface area (Å²) in [6.07, 6.45) is 5.11. The second kappa shape index (κ2) is 4.84. The zero-order valence-corrected chi connectivity index (χ0v) is 11.8. The molecule has 3 atom stereocenters. The van der Waals surface area contributed by atoms with Gasteiger partial charge in [0.1, 0.15) is 0 Å². The smallest absolute Gasteiger partial charge is 0.225 e. The van der Waals surface area contributed by atoms with Crippen LogP contribution in [0.25, 0.3) is 0 Å². The summed E-state index contributed by atoms with van der Waals surface area (Å²) in [5.74, 6) is 3.15. The van der Waals surface area contributed by atoms with Crippen molar-refractivity contribution in [2.24, 2.45) is 23.7 Å². The molecule has 2 bridgehead atoms. The Morgan fingerprint density at radius 3 is 2.44 bits per heavy atom. The number of hydrogen-bond donors (Lipinski definition) is 0. The molecule has 4 fully saturated rings. The summed E-state index contributed by atoms with van der Waals surface area (Å²) < 4.78 is 0. The molecule has 18 heavy (non-hydrogen) atoms. The third-order valence-corrected chi connectivity index (χ3v) is 5.61. The van der Waals surface area contributed by atoms with E-state index in [0.29, 0.717) is 17.7 Å². The Kier molecular flexibility index (Phi) is 3.35. The maximum atomic E-state index is 12.1. The highest BCUT2D eigenvalue weighted by Gasteiger charge is 2.41. The van der Waals surface area contributed by atoms with Gasteiger partial charge in [0.25, 0.3) is 0 Å². The van der Waals surface area contributed by atoms with Gasteiger partial charge >= 0.3 is 0 Å². The Balaban J connectivity index is 1.64. The fourth-order valence-corrected chi connectivity index (χ4v) is 4.54. The number of carbonyl (C=O) groups is 1. The Labute approximate surface area is 111 Å². The molecule has 3 unspecified atom stereocenters. The van der Waals surface area contributed by atoms with E-state index in [4.69, 9.17) is 0 Å². The molecular weight excluding hydrogens is 224 g/mol. The van der Waals surface area contributed by atoms with Gasteiger partial charge in [-0.2, -0.15) is 0 Å². The third-order valence-electron chi connectivity index (χ3n) is 5.61. The highest BCUT2D eigenvalue weighted by atomic mass is 16.2. The van der Waals surface area contributed by atoms with Gasteiger partial charge in [0.05, 0.1) is 0 Å². The largest absolute Gasteiger partial charge is 0.345 e. The number of amides is 1. The van der Waals surface area contributed by atoms with Gasteiger partial charge in [-0.05, 0) is 56.5 Å². The number of hydrogen-bond acceptors (Lipinski definition) is 2. The lowest BCUT2D eigenvalue weighted by atomic mass is 9.73. The van der Waals surface area contributed by atoms with Crippen molar-refractivity contribution in [3.63, 3.8) is 0 Å². The van der Waals surface area contributed by atoms with Gasteiger partial charge in [-0.15, -0.1) is 0 Å². The standard InChI is InChI=1S/C15H26N2O/c1-3-14-13(9-16(2)15(14)18)8-12-10-17-6-4-11(12)5-7-17/h11-14H,3-10H2,1-2H3. The van der Waals surface area contributed by atoms with E-state index < -0.39 is 0 Å². The van der Waals surface area contributed by atoms with Crippen molar-refractivity contribution in [2.75, 3.05) is 33.2 Å². The predicted molar refractivity (Wildman–Crippen MR) is 72.2 cm³/mol. The molecule has 0 aromatic carbocycles. The van der Waals surface area contributed by atoms with Gasteiger partial charge in [0.2, 0.25) is 5.91 Å². The lowest BCUT2D eigenvalue weighted by Gasteiger charge is -2.45. The second-order valence-corrected chi connectivity index (χ2v) is 6.63. The summed E-state index contributed by atoms with van der Waals surface area (Å²) in [7, 11) is 1.97. The summed E-state index contributed by atoms with van der Waals surface area (Å²) in [6.45, 7) is 7.12. The van der Waals surface area contributed by atoms with Crippen molar-refractivity contribution < 1.29 is 4.79 Å². The van der Waals surface area contributed by atoms with Gasteiger partial charge in [-0.25, -0.2) is 0 Å². The Hall–Kier alpha value is -0.570. The maximum absolute atomic E-state index is 12.1. The van der Waals surface area contributed by atoms with E-state index >= 15 is 0 Å². The molecule has 3 heteroatoms. The van der Waals surface area contributed by atoms with Crippen LogP contribution in [0, 0.1) is 23.7 Å². The molecule has 0 saturated carbocycles. The minimum absolute atomic E-state index is 0.311. The van der Waals surface area contributed by atoms with Crippen LogP contribution in [0.15, 0.2) is 0 Å². The molecule has 1 amide bonds. The fraction of sp³-hybridized carbons (Fsp3) is 0.933. The average Bonchev–Trinajstić information content (AvgIpc) is 2.66. The molecule has 4 rings (SSSR count). The lowest BCUT2D eigenvalue weighted by Crippen LogP contribution is -2.48. The zero-order chi connectivity index (χ0) is 12.7. The van der Waals surface area contributed by atoms with E-state index in [0.717, 1.165) is 24.8 Å². The lowest BCUT2D eigenvalue weighted by molar-refractivity contribution is -0.130. The molecule has 102 valence electrons. The summed E-state index contributed by atoms with van der Waals surface area (Å²) in [4.78, 5) is 16.7. The minimum atomic E-state index is 0.311. The van der Waals surface area contributed by atoms with Crippen LogP contribution in [0.4, 0.5) is 0 Å². The summed E-state index contributed by atoms with van der Waals surface area (Å²) >= 11 is 0. The quantitative estimate of drug-likeness (QED) is 0.763. The van der Waals surface area contributed by atoms with Crippen molar-refractivity contribution in [1.29, 1.82) is 0 Å². The number of likely N-dealkylation sites (tertiary alicyclic amines) is 1. The first kappa shape index (κ1) is 12.5. The molecule has 0 aromatic rings. The van der Waals surface area contributed by atoms with Gasteiger partial charge in [0, 0.05) is 26.1 Å². The Morgan fingerprint density at radius 2 is 1.89 bits per heavy atom. The molecular formula is C15H26N2O. The molecule has 0 aliphatic carbocycles. The molecule has 0 spiro atoms. The van der Waals surface area contributed by atoms with Crippen LogP contribution in [0.3, 0.4) is 0 Å². The normalized spacial score (nSPS) is 43.8. The number of rotatable bonds is 3. The van der Waals surface area contributed by atoms with Crippen molar-refractivity contribution in [1.82, 2.24) is 9.80 Å². The topological polar surface area (TPSA) is 23.6 Å². The second-order valence-electron chi connectivity index (χ2n) is 6.63. The van der Waals surface area contributed by atoms with E-state index in [1.54, 1.807) is 0 Å². The van der Waals surface area contributed by atoms with E-state index in [9.17, 15) is 4.79 Å². The number of carbonyl (C=O) groups excluding carboxylic acids is 1. The zero-order valence-electron chi connectivity index (χ0n) is 11.8. The molecule has 0 aromatic heterocycles. The van der Waals surface area contributed by atoms with Crippen LogP contribution >= 0.6 is 0 Å². The molecule has 0 N–H and O–H groups in total. The molecule has 4 saturated heterocycles. The number of nitrogens with zero attached hydrogens (tertiary/aromatic N) is 2. The molecule has 3 nitrogen and oxygen atoms in total. The third kappa shape index (κ3) is 2.07. The first-order chi connectivity index (χ1) is 8.69. The van der Waals surface area contributed by atoms with E-state index in [-0.39, 0.29) is 0 Å². The van der Waals surface area contributed by atoms with Crippen molar-refractivity contribution in [3.8, 4) is 0 Å². The van der Waals surface area contributed by atoms with E-state index in [1.807, 2.05) is 11.9 Å².